The van der Waals surface area contributed by atoms with Crippen LogP contribution in [0.15, 0.2) is 42.5 Å². The van der Waals surface area contributed by atoms with Crippen molar-refractivity contribution in [1.29, 1.82) is 0 Å². The van der Waals surface area contributed by atoms with Crippen LogP contribution >= 0.6 is 0 Å². The lowest BCUT2D eigenvalue weighted by Crippen LogP contribution is -2.47. The van der Waals surface area contributed by atoms with Gasteiger partial charge in [0.05, 0.1) is 32.6 Å². The highest BCUT2D eigenvalue weighted by Gasteiger charge is 2.39. The van der Waals surface area contributed by atoms with Crippen molar-refractivity contribution in [3.8, 4) is 11.5 Å². The van der Waals surface area contributed by atoms with Crippen molar-refractivity contribution < 1.29 is 23.8 Å². The molecule has 2 aromatic rings. The number of rotatable bonds is 7. The largest absolute Gasteiger partial charge is 0.493 e. The quantitative estimate of drug-likeness (QED) is 0.610. The Labute approximate surface area is 189 Å². The normalized spacial score (nSPS) is 17.3. The summed E-state index contributed by atoms with van der Waals surface area (Å²) in [7, 11) is 3.15. The third kappa shape index (κ3) is 4.66. The Morgan fingerprint density at radius 2 is 1.72 bits per heavy atom. The average Bonchev–Trinajstić information content (AvgIpc) is 2.81. The summed E-state index contributed by atoms with van der Waals surface area (Å²) in [6.45, 7) is 6.33. The van der Waals surface area contributed by atoms with Crippen molar-refractivity contribution >= 4 is 17.7 Å². The number of hydrogen-bond donors (Lipinski definition) is 0. The molecule has 0 saturated heterocycles. The van der Waals surface area contributed by atoms with E-state index in [0.29, 0.717) is 30.9 Å². The molecule has 2 atom stereocenters. The van der Waals surface area contributed by atoms with Crippen LogP contribution in [-0.2, 0) is 16.1 Å². The van der Waals surface area contributed by atoms with Gasteiger partial charge in [-0.2, -0.15) is 0 Å². The molecule has 2 aromatic carbocycles. The third-order valence-corrected chi connectivity index (χ3v) is 5.80. The second-order valence-electron chi connectivity index (χ2n) is 7.80. The highest BCUT2D eigenvalue weighted by Crippen LogP contribution is 2.46. The minimum absolute atomic E-state index is 0.0233. The van der Waals surface area contributed by atoms with E-state index in [9.17, 15) is 9.59 Å². The first-order valence-corrected chi connectivity index (χ1v) is 11.0. The Kier molecular flexibility index (Phi) is 7.62. The van der Waals surface area contributed by atoms with Gasteiger partial charge in [-0.05, 0) is 31.9 Å². The van der Waals surface area contributed by atoms with Crippen molar-refractivity contribution in [2.24, 2.45) is 0 Å². The summed E-state index contributed by atoms with van der Waals surface area (Å²) in [6.07, 6.45) is 0.582. The Morgan fingerprint density at radius 3 is 2.31 bits per heavy atom. The van der Waals surface area contributed by atoms with Gasteiger partial charge in [-0.1, -0.05) is 37.3 Å². The SMILES string of the molecule is CCOC(=O)N(Cc1ccccc1)[C@H]1C[C@@H](C)N(C(=O)CC)c2cc(OC)c(OC)cc21. The molecule has 2 amide bonds. The summed E-state index contributed by atoms with van der Waals surface area (Å²) in [4.78, 5) is 29.5. The second-order valence-corrected chi connectivity index (χ2v) is 7.80. The summed E-state index contributed by atoms with van der Waals surface area (Å²) in [6, 6.07) is 13.1. The molecule has 1 aliphatic rings. The summed E-state index contributed by atoms with van der Waals surface area (Å²) >= 11 is 0. The Hall–Kier alpha value is -3.22. The maximum absolute atomic E-state index is 13.1. The maximum atomic E-state index is 13.1. The highest BCUT2D eigenvalue weighted by molar-refractivity contribution is 5.96. The molecule has 0 radical (unpaired) electrons. The first-order chi connectivity index (χ1) is 15.4. The van der Waals surface area contributed by atoms with Crippen LogP contribution in [0, 0.1) is 0 Å². The zero-order valence-electron chi connectivity index (χ0n) is 19.5. The molecule has 0 fully saturated rings. The predicted molar refractivity (Wildman–Crippen MR) is 123 cm³/mol. The molecular formula is C25H32N2O5. The van der Waals surface area contributed by atoms with E-state index in [1.807, 2.05) is 56.3 Å². The fourth-order valence-electron chi connectivity index (χ4n) is 4.29. The molecule has 0 aromatic heterocycles. The summed E-state index contributed by atoms with van der Waals surface area (Å²) in [5, 5.41) is 0. The number of anilines is 1. The fraction of sp³-hybridized carbons (Fsp3) is 0.440. The van der Waals surface area contributed by atoms with Gasteiger partial charge in [-0.15, -0.1) is 0 Å². The van der Waals surface area contributed by atoms with Crippen LogP contribution in [0.3, 0.4) is 0 Å². The summed E-state index contributed by atoms with van der Waals surface area (Å²) in [5.74, 6) is 1.12. The van der Waals surface area contributed by atoms with E-state index >= 15 is 0 Å². The van der Waals surface area contributed by atoms with E-state index in [4.69, 9.17) is 14.2 Å². The fourth-order valence-corrected chi connectivity index (χ4v) is 4.29. The number of benzene rings is 2. The lowest BCUT2D eigenvalue weighted by molar-refractivity contribution is -0.118. The molecule has 0 bridgehead atoms. The van der Waals surface area contributed by atoms with E-state index in [1.54, 1.807) is 30.9 Å². The van der Waals surface area contributed by atoms with Crippen LogP contribution in [0.5, 0.6) is 11.5 Å². The van der Waals surface area contributed by atoms with Gasteiger partial charge in [-0.25, -0.2) is 4.79 Å². The van der Waals surface area contributed by atoms with Gasteiger partial charge in [0.25, 0.3) is 0 Å². The molecule has 0 saturated carbocycles. The molecule has 0 aliphatic carbocycles. The topological polar surface area (TPSA) is 68.3 Å². The number of hydrogen-bond acceptors (Lipinski definition) is 5. The van der Waals surface area contributed by atoms with Crippen molar-refractivity contribution in [2.45, 2.75) is 52.2 Å². The smallest absolute Gasteiger partial charge is 0.410 e. The number of carbonyl (C=O) groups excluding carboxylic acids is 2. The van der Waals surface area contributed by atoms with E-state index < -0.39 is 0 Å². The minimum Gasteiger partial charge on any atom is -0.493 e. The molecule has 1 heterocycles. The minimum atomic E-state index is -0.385. The highest BCUT2D eigenvalue weighted by atomic mass is 16.6. The molecule has 3 rings (SSSR count). The van der Waals surface area contributed by atoms with E-state index in [0.717, 1.165) is 16.8 Å². The molecule has 7 nitrogen and oxygen atoms in total. The molecule has 1 aliphatic heterocycles. The Balaban J connectivity index is 2.14. The van der Waals surface area contributed by atoms with Crippen LogP contribution in [0.2, 0.25) is 0 Å². The van der Waals surface area contributed by atoms with Crippen LogP contribution in [0.25, 0.3) is 0 Å². The zero-order chi connectivity index (χ0) is 23.3. The van der Waals surface area contributed by atoms with Gasteiger partial charge in [0.15, 0.2) is 11.5 Å². The molecule has 0 spiro atoms. The Morgan fingerprint density at radius 1 is 1.06 bits per heavy atom. The Bertz CT molecular complexity index is 947. The van der Waals surface area contributed by atoms with E-state index in [2.05, 4.69) is 0 Å². The maximum Gasteiger partial charge on any atom is 0.410 e. The van der Waals surface area contributed by atoms with Gasteiger partial charge in [0.1, 0.15) is 0 Å². The molecule has 0 unspecified atom stereocenters. The lowest BCUT2D eigenvalue weighted by atomic mass is 9.89. The average molecular weight is 441 g/mol. The van der Waals surface area contributed by atoms with Gasteiger partial charge in [0, 0.05) is 30.6 Å². The molecule has 172 valence electrons. The zero-order valence-corrected chi connectivity index (χ0v) is 19.5. The number of carbonyl (C=O) groups is 2. The molecule has 0 N–H and O–H groups in total. The third-order valence-electron chi connectivity index (χ3n) is 5.80. The van der Waals surface area contributed by atoms with Crippen LogP contribution < -0.4 is 14.4 Å². The standard InChI is InChI=1S/C25H32N2O5/c1-6-24(28)27-17(3)13-20(19-14-22(30-4)23(31-5)15-21(19)27)26(25(29)32-7-2)16-18-11-9-8-10-12-18/h8-12,14-15,17,20H,6-7,13,16H2,1-5H3/t17-,20+/m1/s1. The lowest BCUT2D eigenvalue weighted by Gasteiger charge is -2.43. The van der Waals surface area contributed by atoms with Gasteiger partial charge in [-0.3, -0.25) is 9.69 Å². The van der Waals surface area contributed by atoms with Crippen LogP contribution in [0.1, 0.15) is 50.8 Å². The monoisotopic (exact) mass is 440 g/mol. The summed E-state index contributed by atoms with van der Waals surface area (Å²) in [5.41, 5.74) is 2.58. The van der Waals surface area contributed by atoms with Crippen molar-refractivity contribution in [2.75, 3.05) is 25.7 Å². The van der Waals surface area contributed by atoms with Gasteiger partial charge < -0.3 is 19.1 Å². The van der Waals surface area contributed by atoms with E-state index in [-0.39, 0.29) is 30.7 Å². The van der Waals surface area contributed by atoms with Crippen molar-refractivity contribution in [3.05, 3.63) is 53.6 Å². The number of ether oxygens (including phenoxy) is 3. The van der Waals surface area contributed by atoms with Gasteiger partial charge >= 0.3 is 6.09 Å². The molecule has 7 heteroatoms. The van der Waals surface area contributed by atoms with Crippen LogP contribution in [0.4, 0.5) is 10.5 Å². The van der Waals surface area contributed by atoms with E-state index in [1.165, 1.54) is 0 Å². The second kappa shape index (κ2) is 10.4. The summed E-state index contributed by atoms with van der Waals surface area (Å²) < 4.78 is 16.5. The van der Waals surface area contributed by atoms with Crippen molar-refractivity contribution in [1.82, 2.24) is 4.90 Å². The number of methoxy groups -OCH3 is 2. The van der Waals surface area contributed by atoms with Gasteiger partial charge in [0.2, 0.25) is 5.91 Å². The van der Waals surface area contributed by atoms with Crippen molar-refractivity contribution in [3.63, 3.8) is 0 Å². The first kappa shape index (κ1) is 23.4. The number of fused-ring (bicyclic) bond motifs is 1. The first-order valence-electron chi connectivity index (χ1n) is 11.0. The number of amides is 2. The molecule has 32 heavy (non-hydrogen) atoms. The number of nitrogens with zero attached hydrogens (tertiary/aromatic N) is 2. The van der Waals surface area contributed by atoms with Crippen LogP contribution in [-0.4, -0.2) is 43.8 Å². The molecular weight excluding hydrogens is 408 g/mol. The predicted octanol–water partition coefficient (Wildman–Crippen LogP) is 4.94.